The molecule has 18 heavy (non-hydrogen) atoms. The van der Waals surface area contributed by atoms with Crippen LogP contribution in [-0.4, -0.2) is 67.7 Å². The number of hydrogen-bond acceptors (Lipinski definition) is 4. The molecule has 1 heterocycles. The summed E-state index contributed by atoms with van der Waals surface area (Å²) >= 11 is 0. The van der Waals surface area contributed by atoms with Crippen LogP contribution >= 0.6 is 0 Å². The van der Waals surface area contributed by atoms with E-state index >= 15 is 0 Å². The number of carbonyl (C=O) groups is 1. The van der Waals surface area contributed by atoms with Gasteiger partial charge in [0.2, 0.25) is 5.91 Å². The molecular formula is C13H27N3O2. The van der Waals surface area contributed by atoms with Gasteiger partial charge in [-0.1, -0.05) is 13.3 Å². The number of nitrogens with zero attached hydrogens (tertiary/aromatic N) is 2. The van der Waals surface area contributed by atoms with Gasteiger partial charge in [-0.15, -0.1) is 0 Å². The Morgan fingerprint density at radius 2 is 1.94 bits per heavy atom. The Bertz CT molecular complexity index is 261. The van der Waals surface area contributed by atoms with E-state index in [2.05, 4.69) is 11.8 Å². The highest BCUT2D eigenvalue weighted by atomic mass is 16.5. The zero-order valence-corrected chi connectivity index (χ0v) is 11.9. The number of rotatable bonds is 6. The quantitative estimate of drug-likeness (QED) is 0.743. The molecule has 5 nitrogen and oxygen atoms in total. The Labute approximate surface area is 110 Å². The lowest BCUT2D eigenvalue weighted by atomic mass is 9.95. The lowest BCUT2D eigenvalue weighted by Crippen LogP contribution is -2.58. The Morgan fingerprint density at radius 1 is 1.33 bits per heavy atom. The molecular weight excluding hydrogens is 230 g/mol. The maximum absolute atomic E-state index is 12.3. The van der Waals surface area contributed by atoms with Crippen LogP contribution in [0.1, 0.15) is 26.7 Å². The molecule has 1 aliphatic rings. The minimum absolute atomic E-state index is 0.0933. The van der Waals surface area contributed by atoms with Crippen molar-refractivity contribution in [2.24, 2.45) is 5.73 Å². The van der Waals surface area contributed by atoms with Crippen molar-refractivity contribution in [3.63, 3.8) is 0 Å². The molecule has 0 aliphatic carbocycles. The van der Waals surface area contributed by atoms with Gasteiger partial charge >= 0.3 is 0 Å². The number of hydrogen-bond donors (Lipinski definition) is 1. The van der Waals surface area contributed by atoms with E-state index in [4.69, 9.17) is 10.5 Å². The van der Waals surface area contributed by atoms with Gasteiger partial charge in [0, 0.05) is 39.8 Å². The van der Waals surface area contributed by atoms with Gasteiger partial charge in [0.05, 0.1) is 12.1 Å². The van der Waals surface area contributed by atoms with Gasteiger partial charge in [0.25, 0.3) is 0 Å². The molecule has 1 fully saturated rings. The van der Waals surface area contributed by atoms with Crippen molar-refractivity contribution >= 4 is 5.91 Å². The molecule has 0 bridgehead atoms. The van der Waals surface area contributed by atoms with Gasteiger partial charge in [0.15, 0.2) is 0 Å². The second-order valence-corrected chi connectivity index (χ2v) is 5.29. The summed E-state index contributed by atoms with van der Waals surface area (Å²) in [6, 6.07) is 0. The normalized spacial score (nSPS) is 20.8. The Kier molecular flexibility index (Phi) is 6.05. The van der Waals surface area contributed by atoms with Crippen molar-refractivity contribution in [3.05, 3.63) is 0 Å². The Morgan fingerprint density at radius 3 is 2.44 bits per heavy atom. The van der Waals surface area contributed by atoms with Crippen molar-refractivity contribution in [1.82, 2.24) is 9.80 Å². The fraction of sp³-hybridized carbons (Fsp3) is 0.923. The highest BCUT2D eigenvalue weighted by Crippen LogP contribution is 2.14. The first-order valence-corrected chi connectivity index (χ1v) is 6.81. The molecule has 0 aromatic rings. The van der Waals surface area contributed by atoms with Crippen LogP contribution in [0.2, 0.25) is 0 Å². The standard InChI is InChI=1S/C13H27N3O2/c1-4-5-13(2,14)12(17)16-8-6-15(7-9-16)10-11-18-3/h4-11,14H2,1-3H3. The third kappa shape index (κ3) is 4.23. The topological polar surface area (TPSA) is 58.8 Å². The lowest BCUT2D eigenvalue weighted by Gasteiger charge is -2.38. The Balaban J connectivity index is 2.40. The van der Waals surface area contributed by atoms with E-state index < -0.39 is 5.54 Å². The number of methoxy groups -OCH3 is 1. The van der Waals surface area contributed by atoms with E-state index in [1.807, 2.05) is 11.8 Å². The third-order valence-corrected chi connectivity index (χ3v) is 3.53. The summed E-state index contributed by atoms with van der Waals surface area (Å²) in [6.45, 7) is 8.97. The number of nitrogens with two attached hydrogens (primary N) is 1. The van der Waals surface area contributed by atoms with Crippen molar-refractivity contribution in [2.75, 3.05) is 46.4 Å². The molecule has 0 spiro atoms. The first-order chi connectivity index (χ1) is 8.51. The summed E-state index contributed by atoms with van der Waals surface area (Å²) in [7, 11) is 1.71. The van der Waals surface area contributed by atoms with Crippen LogP contribution in [0.3, 0.4) is 0 Å². The largest absolute Gasteiger partial charge is 0.383 e. The summed E-state index contributed by atoms with van der Waals surface area (Å²) in [4.78, 5) is 16.5. The predicted octanol–water partition coefficient (Wildman–Crippen LogP) is 0.295. The molecule has 1 saturated heterocycles. The number of amides is 1. The minimum Gasteiger partial charge on any atom is -0.383 e. The second kappa shape index (κ2) is 7.07. The second-order valence-electron chi connectivity index (χ2n) is 5.29. The van der Waals surface area contributed by atoms with Crippen LogP contribution in [0.4, 0.5) is 0 Å². The van der Waals surface area contributed by atoms with Crippen molar-refractivity contribution in [2.45, 2.75) is 32.2 Å². The smallest absolute Gasteiger partial charge is 0.242 e. The van der Waals surface area contributed by atoms with Crippen molar-refractivity contribution in [1.29, 1.82) is 0 Å². The molecule has 1 unspecified atom stereocenters. The van der Waals surface area contributed by atoms with Crippen LogP contribution < -0.4 is 5.73 Å². The molecule has 2 N–H and O–H groups in total. The van der Waals surface area contributed by atoms with Gasteiger partial charge < -0.3 is 15.4 Å². The Hall–Kier alpha value is -0.650. The van der Waals surface area contributed by atoms with E-state index in [-0.39, 0.29) is 5.91 Å². The van der Waals surface area contributed by atoms with Gasteiger partial charge in [-0.2, -0.15) is 0 Å². The zero-order valence-electron chi connectivity index (χ0n) is 11.9. The molecule has 1 amide bonds. The molecule has 0 aromatic heterocycles. The van der Waals surface area contributed by atoms with E-state index in [0.29, 0.717) is 0 Å². The SMILES string of the molecule is CCCC(C)(N)C(=O)N1CCN(CCOC)CC1. The van der Waals surface area contributed by atoms with Crippen LogP contribution in [0.5, 0.6) is 0 Å². The summed E-state index contributed by atoms with van der Waals surface area (Å²) < 4.78 is 5.06. The van der Waals surface area contributed by atoms with Gasteiger partial charge in [-0.3, -0.25) is 9.69 Å². The van der Waals surface area contributed by atoms with Crippen LogP contribution in [-0.2, 0) is 9.53 Å². The fourth-order valence-electron chi connectivity index (χ4n) is 2.38. The molecule has 1 aliphatic heterocycles. The fourth-order valence-corrected chi connectivity index (χ4v) is 2.38. The minimum atomic E-state index is -0.705. The zero-order chi connectivity index (χ0) is 13.6. The van der Waals surface area contributed by atoms with E-state index in [1.54, 1.807) is 7.11 Å². The molecule has 0 radical (unpaired) electrons. The number of piperazine rings is 1. The monoisotopic (exact) mass is 257 g/mol. The molecule has 106 valence electrons. The maximum atomic E-state index is 12.3. The van der Waals surface area contributed by atoms with E-state index in [0.717, 1.165) is 52.2 Å². The number of carbonyl (C=O) groups excluding carboxylic acids is 1. The number of ether oxygens (including phenoxy) is 1. The predicted molar refractivity (Wildman–Crippen MR) is 72.4 cm³/mol. The summed E-state index contributed by atoms with van der Waals surface area (Å²) in [5.74, 6) is 0.0933. The van der Waals surface area contributed by atoms with Gasteiger partial charge in [0.1, 0.15) is 0 Å². The van der Waals surface area contributed by atoms with Gasteiger partial charge in [-0.25, -0.2) is 0 Å². The average molecular weight is 257 g/mol. The molecule has 0 saturated carbocycles. The molecule has 1 rings (SSSR count). The highest BCUT2D eigenvalue weighted by Gasteiger charge is 2.33. The first-order valence-electron chi connectivity index (χ1n) is 6.81. The molecule has 1 atom stereocenters. The van der Waals surface area contributed by atoms with E-state index in [1.165, 1.54) is 0 Å². The van der Waals surface area contributed by atoms with E-state index in [9.17, 15) is 4.79 Å². The van der Waals surface area contributed by atoms with Crippen LogP contribution in [0, 0.1) is 0 Å². The van der Waals surface area contributed by atoms with Crippen molar-refractivity contribution in [3.8, 4) is 0 Å². The van der Waals surface area contributed by atoms with Gasteiger partial charge in [-0.05, 0) is 13.3 Å². The van der Waals surface area contributed by atoms with Crippen LogP contribution in [0.25, 0.3) is 0 Å². The lowest BCUT2D eigenvalue weighted by molar-refractivity contribution is -0.138. The van der Waals surface area contributed by atoms with Crippen molar-refractivity contribution < 1.29 is 9.53 Å². The third-order valence-electron chi connectivity index (χ3n) is 3.53. The molecule has 5 heteroatoms. The first kappa shape index (κ1) is 15.4. The van der Waals surface area contributed by atoms with Crippen LogP contribution in [0.15, 0.2) is 0 Å². The molecule has 0 aromatic carbocycles. The summed E-state index contributed by atoms with van der Waals surface area (Å²) in [5.41, 5.74) is 5.39. The summed E-state index contributed by atoms with van der Waals surface area (Å²) in [5, 5.41) is 0. The maximum Gasteiger partial charge on any atom is 0.242 e. The highest BCUT2D eigenvalue weighted by molar-refractivity contribution is 5.85. The average Bonchev–Trinajstić information content (AvgIpc) is 2.36. The summed E-state index contributed by atoms with van der Waals surface area (Å²) in [6.07, 6.45) is 1.68.